The van der Waals surface area contributed by atoms with Crippen LogP contribution >= 0.6 is 0 Å². The fourth-order valence-corrected chi connectivity index (χ4v) is 8.64. The van der Waals surface area contributed by atoms with Crippen molar-refractivity contribution in [3.63, 3.8) is 0 Å². The van der Waals surface area contributed by atoms with Crippen molar-refractivity contribution in [1.82, 2.24) is 29.4 Å². The highest BCUT2D eigenvalue weighted by Crippen LogP contribution is 2.33. The molecule has 2 saturated heterocycles. The van der Waals surface area contributed by atoms with E-state index >= 15 is 0 Å². The first kappa shape index (κ1) is 38.7. The first-order chi connectivity index (χ1) is 25.9. The molecule has 0 unspecified atom stereocenters. The average molecular weight is 756 g/mol. The lowest BCUT2D eigenvalue weighted by atomic mass is 10.0. The molecule has 6 rings (SSSR count). The van der Waals surface area contributed by atoms with Gasteiger partial charge in [0.2, 0.25) is 15.9 Å². The molecule has 4 N–H and O–H groups in total. The first-order valence-corrected chi connectivity index (χ1v) is 20.2. The number of hydrogen-bond acceptors (Lipinski definition) is 7. The van der Waals surface area contributed by atoms with Crippen molar-refractivity contribution in [1.29, 1.82) is 0 Å². The number of anilines is 1. The van der Waals surface area contributed by atoms with Crippen LogP contribution in [0.15, 0.2) is 79.0 Å². The summed E-state index contributed by atoms with van der Waals surface area (Å²) < 4.78 is 26.3. The number of nitrogens with zero attached hydrogens (tertiary/aromatic N) is 4. The molecule has 0 bridgehead atoms. The number of carbonyl (C=O) groups is 3. The van der Waals surface area contributed by atoms with E-state index in [2.05, 4.69) is 20.5 Å². The summed E-state index contributed by atoms with van der Waals surface area (Å²) in [6.07, 6.45) is 2.78. The Bertz CT molecular complexity index is 2020. The van der Waals surface area contributed by atoms with Crippen LogP contribution in [0.4, 0.5) is 10.5 Å². The summed E-state index contributed by atoms with van der Waals surface area (Å²) >= 11 is 0. The smallest absolute Gasteiger partial charge is 0.405 e. The Hall–Kier alpha value is -5.05. The molecule has 286 valence electrons. The molecule has 2 fully saturated rings. The molecule has 2 atom stereocenters. The third-order valence-corrected chi connectivity index (χ3v) is 12.2. The molecular weight excluding hydrogens is 707 g/mol. The zero-order chi connectivity index (χ0) is 38.4. The summed E-state index contributed by atoms with van der Waals surface area (Å²) in [6, 6.07) is 22.1. The maximum Gasteiger partial charge on any atom is 0.405 e. The summed E-state index contributed by atoms with van der Waals surface area (Å²) in [5, 5.41) is 14.6. The molecule has 2 aliphatic heterocycles. The van der Waals surface area contributed by atoms with Gasteiger partial charge in [-0.3, -0.25) is 14.5 Å². The van der Waals surface area contributed by atoms with Crippen molar-refractivity contribution in [2.45, 2.75) is 58.7 Å². The monoisotopic (exact) mass is 755 g/mol. The fourth-order valence-electron chi connectivity index (χ4n) is 7.15. The van der Waals surface area contributed by atoms with Crippen molar-refractivity contribution < 1.29 is 27.9 Å². The number of likely N-dealkylation sites (tertiary alicyclic amines) is 1. The SMILES string of the molecule is CCCS(=O)(=O)N1CCN(Cc2ccc(NC(=O)c3ccc(-c4ccc(-c5c[nH]c([C@@H]6CCCN6C(=O)[C@@H](NC(=O)O)C(C)C)n5)cc4)cc3)cc2)CC1. The Morgan fingerprint density at radius 3 is 2.13 bits per heavy atom. The summed E-state index contributed by atoms with van der Waals surface area (Å²) in [5.41, 5.74) is 5.94. The third-order valence-electron chi connectivity index (χ3n) is 10.1. The quantitative estimate of drug-likeness (QED) is 0.133. The number of aromatic nitrogens is 2. The van der Waals surface area contributed by atoms with E-state index in [9.17, 15) is 27.9 Å². The van der Waals surface area contributed by atoms with Gasteiger partial charge in [0.25, 0.3) is 5.91 Å². The van der Waals surface area contributed by atoms with E-state index in [1.54, 1.807) is 21.3 Å². The lowest BCUT2D eigenvalue weighted by Gasteiger charge is -2.34. The summed E-state index contributed by atoms with van der Waals surface area (Å²) in [4.78, 5) is 49.7. The topological polar surface area (TPSA) is 168 Å². The maximum absolute atomic E-state index is 13.3. The second kappa shape index (κ2) is 17.0. The second-order valence-electron chi connectivity index (χ2n) is 14.3. The molecule has 0 saturated carbocycles. The minimum Gasteiger partial charge on any atom is -0.465 e. The average Bonchev–Trinajstić information content (AvgIpc) is 3.85. The zero-order valence-electron chi connectivity index (χ0n) is 31.0. The van der Waals surface area contributed by atoms with E-state index in [0.717, 1.165) is 47.3 Å². The van der Waals surface area contributed by atoms with Crippen LogP contribution in [0.5, 0.6) is 0 Å². The van der Waals surface area contributed by atoms with Crippen LogP contribution in [0.2, 0.25) is 0 Å². The lowest BCUT2D eigenvalue weighted by Crippen LogP contribution is -2.50. The van der Waals surface area contributed by atoms with Crippen molar-refractivity contribution in [3.8, 4) is 22.4 Å². The number of rotatable bonds is 13. The van der Waals surface area contributed by atoms with Gasteiger partial charge in [-0.05, 0) is 66.1 Å². The molecule has 14 heteroatoms. The molecule has 3 heterocycles. The number of imidazole rings is 1. The predicted octanol–water partition coefficient (Wildman–Crippen LogP) is 5.81. The van der Waals surface area contributed by atoms with Gasteiger partial charge in [0.15, 0.2) is 0 Å². The molecule has 13 nitrogen and oxygen atoms in total. The van der Waals surface area contributed by atoms with Gasteiger partial charge >= 0.3 is 6.09 Å². The van der Waals surface area contributed by atoms with Crippen LogP contribution in [0.25, 0.3) is 22.4 Å². The van der Waals surface area contributed by atoms with E-state index in [-0.39, 0.29) is 29.5 Å². The van der Waals surface area contributed by atoms with E-state index in [0.29, 0.717) is 56.2 Å². The van der Waals surface area contributed by atoms with Gasteiger partial charge in [-0.1, -0.05) is 69.3 Å². The normalized spacial score (nSPS) is 17.4. The highest BCUT2D eigenvalue weighted by Gasteiger charge is 2.37. The van der Waals surface area contributed by atoms with Crippen molar-refractivity contribution in [2.24, 2.45) is 5.92 Å². The molecule has 0 radical (unpaired) electrons. The van der Waals surface area contributed by atoms with Gasteiger partial charge in [-0.25, -0.2) is 18.2 Å². The number of sulfonamides is 1. The second-order valence-corrected chi connectivity index (χ2v) is 16.4. The van der Waals surface area contributed by atoms with Crippen LogP contribution in [0.1, 0.15) is 67.8 Å². The number of benzene rings is 3. The van der Waals surface area contributed by atoms with Crippen molar-refractivity contribution >= 4 is 33.6 Å². The van der Waals surface area contributed by atoms with Crippen LogP contribution in [0.3, 0.4) is 0 Å². The first-order valence-electron chi connectivity index (χ1n) is 18.6. The van der Waals surface area contributed by atoms with Gasteiger partial charge in [-0.2, -0.15) is 4.31 Å². The van der Waals surface area contributed by atoms with Crippen LogP contribution in [-0.4, -0.2) is 100 Å². The molecule has 0 aliphatic carbocycles. The zero-order valence-corrected chi connectivity index (χ0v) is 31.8. The summed E-state index contributed by atoms with van der Waals surface area (Å²) in [6.45, 7) is 9.19. The van der Waals surface area contributed by atoms with Gasteiger partial charge in [0.1, 0.15) is 11.9 Å². The van der Waals surface area contributed by atoms with Crippen molar-refractivity contribution in [2.75, 3.05) is 43.8 Å². The number of nitrogens with one attached hydrogen (secondary N) is 3. The molecule has 1 aromatic heterocycles. The van der Waals surface area contributed by atoms with Gasteiger partial charge < -0.3 is 25.6 Å². The van der Waals surface area contributed by atoms with Crippen LogP contribution in [-0.2, 0) is 21.4 Å². The van der Waals surface area contributed by atoms with E-state index in [1.807, 2.05) is 87.6 Å². The number of hydrogen-bond donors (Lipinski definition) is 4. The molecule has 4 aromatic rings. The number of aromatic amines is 1. The highest BCUT2D eigenvalue weighted by atomic mass is 32.2. The Kier molecular flexibility index (Phi) is 12.1. The minimum absolute atomic E-state index is 0.190. The Morgan fingerprint density at radius 1 is 0.889 bits per heavy atom. The molecule has 3 amide bonds. The minimum atomic E-state index is -3.17. The third kappa shape index (κ3) is 9.17. The van der Waals surface area contributed by atoms with Gasteiger partial charge in [-0.15, -0.1) is 0 Å². The van der Waals surface area contributed by atoms with E-state index < -0.39 is 22.2 Å². The van der Waals surface area contributed by atoms with E-state index in [1.165, 1.54) is 0 Å². The molecule has 0 spiro atoms. The van der Waals surface area contributed by atoms with Gasteiger partial charge in [0.05, 0.1) is 17.5 Å². The molecule has 54 heavy (non-hydrogen) atoms. The number of H-pyrrole nitrogens is 1. The molecule has 3 aromatic carbocycles. The van der Waals surface area contributed by atoms with Crippen LogP contribution < -0.4 is 10.6 Å². The Balaban J connectivity index is 1.02. The highest BCUT2D eigenvalue weighted by molar-refractivity contribution is 7.89. The van der Waals surface area contributed by atoms with Gasteiger partial charge in [0, 0.05) is 62.3 Å². The van der Waals surface area contributed by atoms with Crippen molar-refractivity contribution in [3.05, 3.63) is 95.9 Å². The van der Waals surface area contributed by atoms with Crippen LogP contribution in [0, 0.1) is 5.92 Å². The number of piperazine rings is 1. The predicted molar refractivity (Wildman–Crippen MR) is 208 cm³/mol. The number of carbonyl (C=O) groups excluding carboxylic acids is 2. The number of amides is 3. The Morgan fingerprint density at radius 2 is 1.52 bits per heavy atom. The largest absolute Gasteiger partial charge is 0.465 e. The fraction of sp³-hybridized carbons (Fsp3) is 0.400. The molecular formula is C40H49N7O6S. The number of carboxylic acid groups (broad SMARTS) is 1. The van der Waals surface area contributed by atoms with E-state index in [4.69, 9.17) is 4.98 Å². The summed E-state index contributed by atoms with van der Waals surface area (Å²) in [7, 11) is -3.17. The molecule has 2 aliphatic rings. The standard InChI is InChI=1S/C40H49N7O6S/c1-4-24-54(52,53)46-22-20-45(21-23-46)26-28-7-17-33(18-8-28)42-38(48)32-15-11-30(12-16-32)29-9-13-31(14-10-29)34-25-41-37(43-34)35-6-5-19-47(35)39(49)36(27(2)3)44-40(50)51/h7-18,25,27,35-36,44H,4-6,19-24,26H2,1-3H3,(H,41,43)(H,42,48)(H,50,51)/t35-,36-/m0/s1. The Labute approximate surface area is 316 Å². The maximum atomic E-state index is 13.3. The summed E-state index contributed by atoms with van der Waals surface area (Å²) in [5.74, 6) is 0.237. The lowest BCUT2D eigenvalue weighted by molar-refractivity contribution is -0.135.